The predicted molar refractivity (Wildman–Crippen MR) is 79.3 cm³/mol. The Morgan fingerprint density at radius 3 is 2.53 bits per heavy atom. The van der Waals surface area contributed by atoms with E-state index in [1.807, 2.05) is 0 Å². The first-order valence-corrected chi connectivity index (χ1v) is 7.25. The third-order valence-corrected chi connectivity index (χ3v) is 4.25. The largest absolute Gasteiger partial charge is 0.388 e. The van der Waals surface area contributed by atoms with E-state index in [-0.39, 0.29) is 6.10 Å². The summed E-state index contributed by atoms with van der Waals surface area (Å²) in [6.45, 7) is 5.40. The second-order valence-corrected chi connectivity index (χ2v) is 5.74. The summed E-state index contributed by atoms with van der Waals surface area (Å²) in [7, 11) is 4.31. The number of benzene rings is 1. The minimum atomic E-state index is -0.357. The van der Waals surface area contributed by atoms with Gasteiger partial charge in [0.1, 0.15) is 0 Å². The van der Waals surface area contributed by atoms with Crippen molar-refractivity contribution < 1.29 is 5.11 Å². The van der Waals surface area contributed by atoms with Crippen LogP contribution in [-0.2, 0) is 6.42 Å². The first-order valence-electron chi connectivity index (χ1n) is 7.25. The number of aliphatic hydroxyl groups excluding tert-OH is 1. The van der Waals surface area contributed by atoms with Gasteiger partial charge in [-0.1, -0.05) is 31.2 Å². The summed E-state index contributed by atoms with van der Waals surface area (Å²) in [5.41, 5.74) is 2.37. The van der Waals surface area contributed by atoms with Crippen LogP contribution in [0.15, 0.2) is 24.3 Å². The fourth-order valence-electron chi connectivity index (χ4n) is 2.73. The highest BCUT2D eigenvalue weighted by molar-refractivity contribution is 5.24. The number of hydrogen-bond donors (Lipinski definition) is 1. The third kappa shape index (κ3) is 3.78. The molecule has 2 atom stereocenters. The van der Waals surface area contributed by atoms with E-state index < -0.39 is 0 Å². The second kappa shape index (κ2) is 6.51. The fourth-order valence-corrected chi connectivity index (χ4v) is 2.73. The van der Waals surface area contributed by atoms with E-state index in [4.69, 9.17) is 0 Å². The number of piperazine rings is 1. The Hall–Kier alpha value is -0.900. The van der Waals surface area contributed by atoms with E-state index in [1.165, 1.54) is 5.56 Å². The second-order valence-electron chi connectivity index (χ2n) is 5.74. The molecule has 1 saturated heterocycles. The summed E-state index contributed by atoms with van der Waals surface area (Å²) < 4.78 is 0. The average molecular weight is 262 g/mol. The molecule has 0 radical (unpaired) electrons. The Bertz CT molecular complexity index is 390. The maximum absolute atomic E-state index is 10.4. The van der Waals surface area contributed by atoms with Gasteiger partial charge in [-0.15, -0.1) is 0 Å². The highest BCUT2D eigenvalue weighted by Gasteiger charge is 2.24. The van der Waals surface area contributed by atoms with Crippen molar-refractivity contribution in [1.29, 1.82) is 0 Å². The van der Waals surface area contributed by atoms with Gasteiger partial charge in [0, 0.05) is 25.7 Å². The standard InChI is InChI=1S/C16H26N2O/c1-4-13-5-7-14(8-6-13)16(19)11-15-12-17(2)9-10-18(15)3/h5-8,15-16,19H,4,9-12H2,1-3H3. The minimum absolute atomic E-state index is 0.357. The van der Waals surface area contributed by atoms with Crippen LogP contribution in [0, 0.1) is 0 Å². The molecule has 1 fully saturated rings. The molecule has 1 aromatic rings. The topological polar surface area (TPSA) is 26.7 Å². The van der Waals surface area contributed by atoms with Crippen molar-refractivity contribution in [1.82, 2.24) is 9.80 Å². The van der Waals surface area contributed by atoms with E-state index in [0.717, 1.165) is 38.0 Å². The van der Waals surface area contributed by atoms with Crippen LogP contribution in [0.4, 0.5) is 0 Å². The van der Waals surface area contributed by atoms with Gasteiger partial charge in [-0.3, -0.25) is 0 Å². The summed E-state index contributed by atoms with van der Waals surface area (Å²) in [6, 6.07) is 8.82. The van der Waals surface area contributed by atoms with Gasteiger partial charge in [-0.05, 0) is 38.1 Å². The van der Waals surface area contributed by atoms with Crippen molar-refractivity contribution >= 4 is 0 Å². The van der Waals surface area contributed by atoms with Crippen LogP contribution in [0.25, 0.3) is 0 Å². The number of likely N-dealkylation sites (N-methyl/N-ethyl adjacent to an activating group) is 2. The number of aliphatic hydroxyl groups is 1. The zero-order chi connectivity index (χ0) is 13.8. The van der Waals surface area contributed by atoms with E-state index >= 15 is 0 Å². The molecule has 1 aliphatic rings. The zero-order valence-electron chi connectivity index (χ0n) is 12.3. The molecular formula is C16H26N2O. The highest BCUT2D eigenvalue weighted by Crippen LogP contribution is 2.22. The molecule has 1 aliphatic heterocycles. The van der Waals surface area contributed by atoms with Crippen molar-refractivity contribution in [2.45, 2.75) is 31.9 Å². The molecule has 0 amide bonds. The number of aryl methyl sites for hydroxylation is 1. The van der Waals surface area contributed by atoms with Crippen LogP contribution in [0.5, 0.6) is 0 Å². The van der Waals surface area contributed by atoms with Crippen LogP contribution in [0.2, 0.25) is 0 Å². The molecule has 2 rings (SSSR count). The molecule has 0 aromatic heterocycles. The van der Waals surface area contributed by atoms with Crippen LogP contribution in [0.3, 0.4) is 0 Å². The molecule has 3 nitrogen and oxygen atoms in total. The van der Waals surface area contributed by atoms with Gasteiger partial charge in [0.2, 0.25) is 0 Å². The van der Waals surface area contributed by atoms with Crippen LogP contribution < -0.4 is 0 Å². The summed E-state index contributed by atoms with van der Waals surface area (Å²) >= 11 is 0. The Morgan fingerprint density at radius 1 is 1.21 bits per heavy atom. The van der Waals surface area contributed by atoms with Crippen molar-refractivity contribution in [2.75, 3.05) is 33.7 Å². The molecule has 3 heteroatoms. The first kappa shape index (κ1) is 14.5. The number of rotatable bonds is 4. The van der Waals surface area contributed by atoms with Gasteiger partial charge < -0.3 is 14.9 Å². The fraction of sp³-hybridized carbons (Fsp3) is 0.625. The molecule has 1 aromatic carbocycles. The van der Waals surface area contributed by atoms with E-state index in [2.05, 4.69) is 55.1 Å². The lowest BCUT2D eigenvalue weighted by Gasteiger charge is -2.38. The molecule has 1 N–H and O–H groups in total. The quantitative estimate of drug-likeness (QED) is 0.898. The molecule has 0 saturated carbocycles. The van der Waals surface area contributed by atoms with Crippen molar-refractivity contribution in [2.24, 2.45) is 0 Å². The Morgan fingerprint density at radius 2 is 1.89 bits per heavy atom. The van der Waals surface area contributed by atoms with Gasteiger partial charge in [0.05, 0.1) is 6.10 Å². The molecule has 19 heavy (non-hydrogen) atoms. The molecule has 0 bridgehead atoms. The molecule has 2 unspecified atom stereocenters. The minimum Gasteiger partial charge on any atom is -0.388 e. The van der Waals surface area contributed by atoms with Crippen LogP contribution in [-0.4, -0.2) is 54.7 Å². The first-order chi connectivity index (χ1) is 9.10. The van der Waals surface area contributed by atoms with Gasteiger partial charge in [-0.25, -0.2) is 0 Å². The van der Waals surface area contributed by atoms with E-state index in [0.29, 0.717) is 6.04 Å². The van der Waals surface area contributed by atoms with E-state index in [1.54, 1.807) is 0 Å². The van der Waals surface area contributed by atoms with Gasteiger partial charge >= 0.3 is 0 Å². The predicted octanol–water partition coefficient (Wildman–Crippen LogP) is 1.92. The Labute approximate surface area is 116 Å². The summed E-state index contributed by atoms with van der Waals surface area (Å²) in [6.07, 6.45) is 1.50. The normalized spacial score (nSPS) is 23.5. The highest BCUT2D eigenvalue weighted by atomic mass is 16.3. The van der Waals surface area contributed by atoms with Crippen LogP contribution in [0.1, 0.15) is 30.6 Å². The lowest BCUT2D eigenvalue weighted by atomic mass is 9.98. The monoisotopic (exact) mass is 262 g/mol. The smallest absolute Gasteiger partial charge is 0.0805 e. The molecule has 1 heterocycles. The van der Waals surface area contributed by atoms with Crippen molar-refractivity contribution in [3.63, 3.8) is 0 Å². The maximum atomic E-state index is 10.4. The summed E-state index contributed by atoms with van der Waals surface area (Å²) in [5.74, 6) is 0. The number of hydrogen-bond acceptors (Lipinski definition) is 3. The zero-order valence-corrected chi connectivity index (χ0v) is 12.3. The molecule has 0 aliphatic carbocycles. The Balaban J connectivity index is 1.97. The van der Waals surface area contributed by atoms with E-state index in [9.17, 15) is 5.11 Å². The Kier molecular flexibility index (Phi) is 4.97. The maximum Gasteiger partial charge on any atom is 0.0805 e. The number of nitrogens with zero attached hydrogens (tertiary/aromatic N) is 2. The van der Waals surface area contributed by atoms with Crippen LogP contribution >= 0.6 is 0 Å². The van der Waals surface area contributed by atoms with Crippen molar-refractivity contribution in [3.8, 4) is 0 Å². The summed E-state index contributed by atoms with van der Waals surface area (Å²) in [4.78, 5) is 4.71. The lowest BCUT2D eigenvalue weighted by molar-refractivity contribution is 0.0635. The SMILES string of the molecule is CCc1ccc(C(O)CC2CN(C)CCN2C)cc1. The third-order valence-electron chi connectivity index (χ3n) is 4.25. The summed E-state index contributed by atoms with van der Waals surface area (Å²) in [5, 5.41) is 10.4. The molecule has 106 valence electrons. The molecule has 0 spiro atoms. The van der Waals surface area contributed by atoms with Gasteiger partial charge in [0.25, 0.3) is 0 Å². The lowest BCUT2D eigenvalue weighted by Crippen LogP contribution is -2.50. The van der Waals surface area contributed by atoms with Crippen molar-refractivity contribution in [3.05, 3.63) is 35.4 Å². The van der Waals surface area contributed by atoms with Gasteiger partial charge in [0.15, 0.2) is 0 Å². The average Bonchev–Trinajstić information content (AvgIpc) is 2.43. The van der Waals surface area contributed by atoms with Gasteiger partial charge in [-0.2, -0.15) is 0 Å². The molecular weight excluding hydrogens is 236 g/mol.